The van der Waals surface area contributed by atoms with Gasteiger partial charge in [-0.3, -0.25) is 10.6 Å². The van der Waals surface area contributed by atoms with Crippen LogP contribution in [0.2, 0.25) is 0 Å². The fourth-order valence-electron chi connectivity index (χ4n) is 1.86. The third kappa shape index (κ3) is 3.70. The number of anilines is 2. The number of carbonyl (C=O) groups excluding carboxylic acids is 1. The van der Waals surface area contributed by atoms with Crippen molar-refractivity contribution in [3.05, 3.63) is 47.7 Å². The minimum absolute atomic E-state index is 0.256. The second kappa shape index (κ2) is 6.71. The van der Waals surface area contributed by atoms with Crippen molar-refractivity contribution in [2.75, 3.05) is 17.3 Å². The molecule has 0 aliphatic carbocycles. The highest BCUT2D eigenvalue weighted by atomic mass is 16.5. The maximum Gasteiger partial charge on any atom is 0.257 e. The van der Waals surface area contributed by atoms with Gasteiger partial charge in [-0.05, 0) is 37.6 Å². The van der Waals surface area contributed by atoms with Crippen LogP contribution in [0.15, 0.2) is 36.5 Å². The van der Waals surface area contributed by atoms with Gasteiger partial charge in [-0.15, -0.1) is 0 Å². The lowest BCUT2D eigenvalue weighted by Crippen LogP contribution is -2.17. The number of pyridine rings is 1. The molecule has 6 nitrogen and oxygen atoms in total. The maximum atomic E-state index is 12.3. The normalized spacial score (nSPS) is 10.0. The lowest BCUT2D eigenvalue weighted by atomic mass is 10.1. The molecular weight excluding hydrogens is 268 g/mol. The van der Waals surface area contributed by atoms with Crippen LogP contribution in [0.5, 0.6) is 5.88 Å². The summed E-state index contributed by atoms with van der Waals surface area (Å²) in [5.74, 6) is 5.71. The molecule has 0 fully saturated rings. The molecule has 1 amide bonds. The van der Waals surface area contributed by atoms with Gasteiger partial charge in [-0.1, -0.05) is 6.07 Å². The SMILES string of the molecule is CCOc1ccc(NC(=O)c2ccc(C)cc2NN)cn1. The highest BCUT2D eigenvalue weighted by molar-refractivity contribution is 6.08. The molecule has 0 aliphatic heterocycles. The Kier molecular flexibility index (Phi) is 4.73. The first-order chi connectivity index (χ1) is 10.1. The molecule has 0 radical (unpaired) electrons. The molecule has 2 rings (SSSR count). The number of nitrogens with two attached hydrogens (primary N) is 1. The second-order valence-corrected chi connectivity index (χ2v) is 4.47. The summed E-state index contributed by atoms with van der Waals surface area (Å²) in [6.45, 7) is 4.36. The van der Waals surface area contributed by atoms with Crippen molar-refractivity contribution >= 4 is 17.3 Å². The van der Waals surface area contributed by atoms with E-state index < -0.39 is 0 Å². The summed E-state index contributed by atoms with van der Waals surface area (Å²) < 4.78 is 5.25. The van der Waals surface area contributed by atoms with E-state index in [9.17, 15) is 4.79 Å². The lowest BCUT2D eigenvalue weighted by molar-refractivity contribution is 0.102. The van der Waals surface area contributed by atoms with Crippen molar-refractivity contribution in [3.8, 4) is 5.88 Å². The van der Waals surface area contributed by atoms with Gasteiger partial charge in [0, 0.05) is 6.07 Å². The molecule has 4 N–H and O–H groups in total. The monoisotopic (exact) mass is 286 g/mol. The Labute approximate surface area is 123 Å². The number of hydrogen-bond donors (Lipinski definition) is 3. The zero-order valence-electron chi connectivity index (χ0n) is 12.0. The number of nitrogens with zero attached hydrogens (tertiary/aromatic N) is 1. The van der Waals surface area contributed by atoms with Gasteiger partial charge in [0.1, 0.15) is 0 Å². The topological polar surface area (TPSA) is 89.3 Å². The van der Waals surface area contributed by atoms with Gasteiger partial charge in [0.05, 0.1) is 29.7 Å². The molecule has 0 spiro atoms. The number of aryl methyl sites for hydroxylation is 1. The number of amides is 1. The van der Waals surface area contributed by atoms with Crippen LogP contribution in [0.1, 0.15) is 22.8 Å². The molecule has 6 heteroatoms. The van der Waals surface area contributed by atoms with Crippen LogP contribution >= 0.6 is 0 Å². The van der Waals surface area contributed by atoms with Crippen LogP contribution in [-0.2, 0) is 0 Å². The molecule has 0 saturated heterocycles. The number of ether oxygens (including phenoxy) is 1. The largest absolute Gasteiger partial charge is 0.478 e. The van der Waals surface area contributed by atoms with E-state index >= 15 is 0 Å². The molecular formula is C15H18N4O2. The van der Waals surface area contributed by atoms with Gasteiger partial charge in [-0.25, -0.2) is 4.98 Å². The average Bonchev–Trinajstić information content (AvgIpc) is 2.49. The molecule has 110 valence electrons. The van der Waals surface area contributed by atoms with Gasteiger partial charge in [0.2, 0.25) is 5.88 Å². The zero-order chi connectivity index (χ0) is 15.2. The fourth-order valence-corrected chi connectivity index (χ4v) is 1.86. The molecule has 0 bridgehead atoms. The van der Waals surface area contributed by atoms with E-state index in [1.807, 2.05) is 26.0 Å². The number of rotatable bonds is 5. The first kappa shape index (κ1) is 14.8. The minimum Gasteiger partial charge on any atom is -0.478 e. The Morgan fingerprint density at radius 2 is 2.14 bits per heavy atom. The molecule has 0 unspecified atom stereocenters. The number of hydrazine groups is 1. The minimum atomic E-state index is -0.256. The first-order valence-corrected chi connectivity index (χ1v) is 6.61. The third-order valence-corrected chi connectivity index (χ3v) is 2.86. The van der Waals surface area contributed by atoms with E-state index in [1.165, 1.54) is 0 Å². The molecule has 0 atom stereocenters. The molecule has 0 saturated carbocycles. The number of nitrogens with one attached hydrogen (secondary N) is 2. The predicted octanol–water partition coefficient (Wildman–Crippen LogP) is 2.33. The van der Waals surface area contributed by atoms with E-state index in [0.717, 1.165) is 5.56 Å². The Morgan fingerprint density at radius 1 is 1.33 bits per heavy atom. The number of aromatic nitrogens is 1. The molecule has 1 aromatic heterocycles. The van der Waals surface area contributed by atoms with E-state index in [1.54, 1.807) is 24.4 Å². The fraction of sp³-hybridized carbons (Fsp3) is 0.200. The molecule has 21 heavy (non-hydrogen) atoms. The quantitative estimate of drug-likeness (QED) is 0.580. The Balaban J connectivity index is 2.14. The summed E-state index contributed by atoms with van der Waals surface area (Å²) in [4.78, 5) is 16.3. The summed E-state index contributed by atoms with van der Waals surface area (Å²) in [6, 6.07) is 8.83. The van der Waals surface area contributed by atoms with Crippen LogP contribution in [-0.4, -0.2) is 17.5 Å². The van der Waals surface area contributed by atoms with E-state index in [0.29, 0.717) is 29.4 Å². The van der Waals surface area contributed by atoms with Gasteiger partial charge in [0.15, 0.2) is 0 Å². The van der Waals surface area contributed by atoms with E-state index in [2.05, 4.69) is 15.7 Å². The van der Waals surface area contributed by atoms with E-state index in [4.69, 9.17) is 10.6 Å². The highest BCUT2D eigenvalue weighted by Gasteiger charge is 2.11. The molecule has 1 heterocycles. The number of hydrogen-bond acceptors (Lipinski definition) is 5. The smallest absolute Gasteiger partial charge is 0.257 e. The summed E-state index contributed by atoms with van der Waals surface area (Å²) in [5, 5.41) is 2.77. The Hall–Kier alpha value is -2.60. The van der Waals surface area contributed by atoms with Gasteiger partial charge in [0.25, 0.3) is 5.91 Å². The molecule has 1 aromatic carbocycles. The van der Waals surface area contributed by atoms with Crippen LogP contribution in [0, 0.1) is 6.92 Å². The number of carbonyl (C=O) groups is 1. The third-order valence-electron chi connectivity index (χ3n) is 2.86. The summed E-state index contributed by atoms with van der Waals surface area (Å²) in [6.07, 6.45) is 1.55. The maximum absolute atomic E-state index is 12.3. The van der Waals surface area contributed by atoms with E-state index in [-0.39, 0.29) is 5.91 Å². The second-order valence-electron chi connectivity index (χ2n) is 4.47. The van der Waals surface area contributed by atoms with Crippen molar-refractivity contribution in [1.82, 2.24) is 4.98 Å². The first-order valence-electron chi connectivity index (χ1n) is 6.61. The number of benzene rings is 1. The zero-order valence-corrected chi connectivity index (χ0v) is 12.0. The number of nitrogen functional groups attached to an aromatic ring is 1. The summed E-state index contributed by atoms with van der Waals surface area (Å²) >= 11 is 0. The Morgan fingerprint density at radius 3 is 2.76 bits per heavy atom. The highest BCUT2D eigenvalue weighted by Crippen LogP contribution is 2.19. The summed E-state index contributed by atoms with van der Waals surface area (Å²) in [5.41, 5.74) is 5.18. The predicted molar refractivity (Wildman–Crippen MR) is 82.3 cm³/mol. The Bertz CT molecular complexity index is 626. The average molecular weight is 286 g/mol. The van der Waals surface area contributed by atoms with Crippen LogP contribution < -0.4 is 21.3 Å². The van der Waals surface area contributed by atoms with Crippen molar-refractivity contribution < 1.29 is 9.53 Å². The lowest BCUT2D eigenvalue weighted by Gasteiger charge is -2.10. The van der Waals surface area contributed by atoms with Crippen LogP contribution in [0.4, 0.5) is 11.4 Å². The molecule has 2 aromatic rings. The van der Waals surface area contributed by atoms with Gasteiger partial charge in [-0.2, -0.15) is 0 Å². The summed E-state index contributed by atoms with van der Waals surface area (Å²) in [7, 11) is 0. The van der Waals surface area contributed by atoms with Crippen molar-refractivity contribution in [2.24, 2.45) is 5.84 Å². The van der Waals surface area contributed by atoms with Gasteiger partial charge < -0.3 is 15.5 Å². The molecule has 0 aliphatic rings. The van der Waals surface area contributed by atoms with Crippen molar-refractivity contribution in [1.29, 1.82) is 0 Å². The van der Waals surface area contributed by atoms with Crippen molar-refractivity contribution in [2.45, 2.75) is 13.8 Å². The van der Waals surface area contributed by atoms with Crippen LogP contribution in [0.3, 0.4) is 0 Å². The van der Waals surface area contributed by atoms with Crippen LogP contribution in [0.25, 0.3) is 0 Å². The standard InChI is InChI=1S/C15H18N4O2/c1-3-21-14-7-5-11(9-17-14)18-15(20)12-6-4-10(2)8-13(12)19-16/h4-9,19H,3,16H2,1-2H3,(H,18,20). The van der Waals surface area contributed by atoms with Gasteiger partial charge >= 0.3 is 0 Å². The van der Waals surface area contributed by atoms with Crippen molar-refractivity contribution in [3.63, 3.8) is 0 Å².